The van der Waals surface area contributed by atoms with E-state index in [1.165, 1.54) is 16.3 Å². The summed E-state index contributed by atoms with van der Waals surface area (Å²) in [6.07, 6.45) is 6.02. The summed E-state index contributed by atoms with van der Waals surface area (Å²) in [5, 5.41) is 2.48. The molecular formula is C31H25N3O. The molecule has 1 aliphatic heterocycles. The van der Waals surface area contributed by atoms with Crippen LogP contribution in [0.25, 0.3) is 33.2 Å². The van der Waals surface area contributed by atoms with E-state index in [4.69, 9.17) is 4.74 Å². The Morgan fingerprint density at radius 2 is 1.46 bits per heavy atom. The molecule has 6 rings (SSSR count). The fourth-order valence-electron chi connectivity index (χ4n) is 4.41. The minimum absolute atomic E-state index is 0.784. The molecule has 0 spiro atoms. The van der Waals surface area contributed by atoms with Crippen LogP contribution in [-0.4, -0.2) is 23.6 Å². The second kappa shape index (κ2) is 8.99. The van der Waals surface area contributed by atoms with E-state index >= 15 is 0 Å². The van der Waals surface area contributed by atoms with Crippen molar-refractivity contribution in [3.63, 3.8) is 0 Å². The molecule has 35 heavy (non-hydrogen) atoms. The van der Waals surface area contributed by atoms with Crippen molar-refractivity contribution in [3.8, 4) is 33.9 Å². The van der Waals surface area contributed by atoms with Gasteiger partial charge < -0.3 is 14.5 Å². The van der Waals surface area contributed by atoms with Gasteiger partial charge in [-0.2, -0.15) is 0 Å². The normalized spacial score (nSPS) is 12.9. The molecule has 4 nitrogen and oxygen atoms in total. The lowest BCUT2D eigenvalue weighted by molar-refractivity contribution is 0.481. The highest BCUT2D eigenvalue weighted by Crippen LogP contribution is 2.31. The minimum Gasteiger partial charge on any atom is -0.457 e. The van der Waals surface area contributed by atoms with Crippen molar-refractivity contribution in [2.24, 2.45) is 0 Å². The van der Waals surface area contributed by atoms with Gasteiger partial charge in [0.1, 0.15) is 11.5 Å². The molecule has 2 heterocycles. The third-order valence-corrected chi connectivity index (χ3v) is 6.23. The molecule has 1 aromatic heterocycles. The molecule has 4 heteroatoms. The Labute approximate surface area is 205 Å². The number of fused-ring (bicyclic) bond motifs is 1. The van der Waals surface area contributed by atoms with Gasteiger partial charge in [0.2, 0.25) is 0 Å². The molecular weight excluding hydrogens is 430 g/mol. The van der Waals surface area contributed by atoms with Crippen molar-refractivity contribution in [3.05, 3.63) is 122 Å². The molecule has 0 amide bonds. The maximum absolute atomic E-state index is 6.24. The maximum Gasteiger partial charge on any atom is 0.129 e. The smallest absolute Gasteiger partial charge is 0.129 e. The molecule has 0 saturated carbocycles. The minimum atomic E-state index is 0.784. The van der Waals surface area contributed by atoms with Crippen LogP contribution in [0, 0.1) is 0 Å². The fourth-order valence-corrected chi connectivity index (χ4v) is 4.41. The predicted octanol–water partition coefficient (Wildman–Crippen LogP) is 7.54. The standard InChI is InChI=1S/C31H25N3O/c1-33-16-17-34(22-33)28-9-5-11-30(21-28)35-29-10-4-8-27(19-29)31-20-26(14-15-32-31)25-13-12-23-6-2-3-7-24(23)18-25/h2-21H,22H2,1H3. The van der Waals surface area contributed by atoms with Crippen LogP contribution in [0.5, 0.6) is 11.5 Å². The third kappa shape index (κ3) is 4.46. The van der Waals surface area contributed by atoms with Crippen LogP contribution in [0.3, 0.4) is 0 Å². The zero-order valence-corrected chi connectivity index (χ0v) is 19.5. The van der Waals surface area contributed by atoms with Gasteiger partial charge in [0.15, 0.2) is 0 Å². The molecule has 0 N–H and O–H groups in total. The lowest BCUT2D eigenvalue weighted by atomic mass is 10.0. The zero-order valence-electron chi connectivity index (χ0n) is 19.5. The molecule has 0 fully saturated rings. The number of nitrogens with zero attached hydrogens (tertiary/aromatic N) is 3. The summed E-state index contributed by atoms with van der Waals surface area (Å²) < 4.78 is 6.24. The van der Waals surface area contributed by atoms with E-state index in [0.717, 1.165) is 40.7 Å². The van der Waals surface area contributed by atoms with Crippen LogP contribution in [0.4, 0.5) is 5.69 Å². The average Bonchev–Trinajstić information content (AvgIpc) is 3.35. The summed E-state index contributed by atoms with van der Waals surface area (Å²) in [6, 6.07) is 35.5. The Morgan fingerprint density at radius 1 is 0.657 bits per heavy atom. The van der Waals surface area contributed by atoms with Crippen molar-refractivity contribution in [2.75, 3.05) is 18.6 Å². The zero-order chi connectivity index (χ0) is 23.6. The monoisotopic (exact) mass is 455 g/mol. The Bertz CT molecular complexity index is 1540. The van der Waals surface area contributed by atoms with Gasteiger partial charge in [0.05, 0.1) is 12.4 Å². The quantitative estimate of drug-likeness (QED) is 0.274. The van der Waals surface area contributed by atoms with Gasteiger partial charge in [0, 0.05) is 43.0 Å². The van der Waals surface area contributed by atoms with E-state index in [1.807, 2.05) is 36.5 Å². The van der Waals surface area contributed by atoms with Crippen molar-refractivity contribution in [2.45, 2.75) is 0 Å². The van der Waals surface area contributed by atoms with Crippen molar-refractivity contribution in [1.82, 2.24) is 9.88 Å². The van der Waals surface area contributed by atoms with Gasteiger partial charge >= 0.3 is 0 Å². The van der Waals surface area contributed by atoms with E-state index in [0.29, 0.717) is 0 Å². The first-order chi connectivity index (χ1) is 17.2. The van der Waals surface area contributed by atoms with Gasteiger partial charge in [0.25, 0.3) is 0 Å². The Kier molecular flexibility index (Phi) is 5.39. The van der Waals surface area contributed by atoms with Gasteiger partial charge in [-0.3, -0.25) is 4.98 Å². The fraction of sp³-hybridized carbons (Fsp3) is 0.0645. The van der Waals surface area contributed by atoms with Gasteiger partial charge in [-0.05, 0) is 64.4 Å². The van der Waals surface area contributed by atoms with E-state index in [2.05, 4.69) is 107 Å². The maximum atomic E-state index is 6.24. The second-order valence-corrected chi connectivity index (χ2v) is 8.79. The molecule has 0 atom stereocenters. The summed E-state index contributed by atoms with van der Waals surface area (Å²) in [7, 11) is 2.06. The molecule has 0 unspecified atom stereocenters. The van der Waals surface area contributed by atoms with E-state index in [1.54, 1.807) is 0 Å². The van der Waals surface area contributed by atoms with E-state index < -0.39 is 0 Å². The van der Waals surface area contributed by atoms with E-state index in [9.17, 15) is 0 Å². The number of aromatic nitrogens is 1. The summed E-state index contributed by atoms with van der Waals surface area (Å²) in [4.78, 5) is 8.97. The first-order valence-electron chi connectivity index (χ1n) is 11.7. The molecule has 0 aliphatic carbocycles. The van der Waals surface area contributed by atoms with Crippen LogP contribution in [-0.2, 0) is 0 Å². The van der Waals surface area contributed by atoms with Crippen molar-refractivity contribution in [1.29, 1.82) is 0 Å². The third-order valence-electron chi connectivity index (χ3n) is 6.23. The van der Waals surface area contributed by atoms with E-state index in [-0.39, 0.29) is 0 Å². The predicted molar refractivity (Wildman–Crippen MR) is 143 cm³/mol. The van der Waals surface area contributed by atoms with Crippen molar-refractivity contribution >= 4 is 16.5 Å². The van der Waals surface area contributed by atoms with Crippen LogP contribution < -0.4 is 9.64 Å². The number of anilines is 1. The lowest BCUT2D eigenvalue weighted by Crippen LogP contribution is -2.21. The highest BCUT2D eigenvalue weighted by atomic mass is 16.5. The highest BCUT2D eigenvalue weighted by Gasteiger charge is 2.12. The summed E-state index contributed by atoms with van der Waals surface area (Å²) >= 11 is 0. The first kappa shape index (κ1) is 21.0. The Balaban J connectivity index is 1.26. The van der Waals surface area contributed by atoms with Crippen LogP contribution in [0.15, 0.2) is 122 Å². The first-order valence-corrected chi connectivity index (χ1v) is 11.7. The summed E-state index contributed by atoms with van der Waals surface area (Å²) in [5.74, 6) is 1.59. The largest absolute Gasteiger partial charge is 0.457 e. The van der Waals surface area contributed by atoms with Gasteiger partial charge in [-0.1, -0.05) is 54.6 Å². The topological polar surface area (TPSA) is 28.6 Å². The lowest BCUT2D eigenvalue weighted by Gasteiger charge is -2.19. The molecule has 1 aliphatic rings. The van der Waals surface area contributed by atoms with Crippen LogP contribution in [0.2, 0.25) is 0 Å². The molecule has 0 radical (unpaired) electrons. The number of rotatable bonds is 5. The molecule has 4 aromatic carbocycles. The van der Waals surface area contributed by atoms with Crippen LogP contribution >= 0.6 is 0 Å². The van der Waals surface area contributed by atoms with Crippen molar-refractivity contribution < 1.29 is 4.74 Å². The number of benzene rings is 4. The number of pyridine rings is 1. The molecule has 170 valence electrons. The number of hydrogen-bond donors (Lipinski definition) is 0. The summed E-state index contributed by atoms with van der Waals surface area (Å²) in [6.45, 7) is 0.832. The Morgan fingerprint density at radius 3 is 2.31 bits per heavy atom. The number of ether oxygens (including phenoxy) is 1. The molecule has 0 saturated heterocycles. The number of hydrogen-bond acceptors (Lipinski definition) is 4. The summed E-state index contributed by atoms with van der Waals surface area (Å²) in [5.41, 5.74) is 5.36. The average molecular weight is 456 g/mol. The highest BCUT2D eigenvalue weighted by molar-refractivity contribution is 5.87. The Hall–Kier alpha value is -4.57. The van der Waals surface area contributed by atoms with Crippen LogP contribution in [0.1, 0.15) is 0 Å². The van der Waals surface area contributed by atoms with Gasteiger partial charge in [-0.25, -0.2) is 0 Å². The molecule has 0 bridgehead atoms. The van der Waals surface area contributed by atoms with Gasteiger partial charge in [-0.15, -0.1) is 0 Å². The molecule has 5 aromatic rings. The SMILES string of the molecule is CN1C=CN(c2cccc(Oc3cccc(-c4cc(-c5ccc6ccccc6c5)ccn4)c3)c2)C1. The second-order valence-electron chi connectivity index (χ2n) is 8.79.